The average Bonchev–Trinajstić information content (AvgIpc) is 3.15. The van der Waals surface area contributed by atoms with Gasteiger partial charge in [0.05, 0.1) is 12.2 Å². The van der Waals surface area contributed by atoms with Gasteiger partial charge in [0.25, 0.3) is 0 Å². The molecule has 3 aliphatic rings. The molecule has 0 amide bonds. The highest BCUT2D eigenvalue weighted by molar-refractivity contribution is 7.11. The van der Waals surface area contributed by atoms with Gasteiger partial charge in [-0.3, -0.25) is 9.80 Å². The molecule has 5 heteroatoms. The second-order valence-corrected chi connectivity index (χ2v) is 9.28. The van der Waals surface area contributed by atoms with Gasteiger partial charge in [-0.2, -0.15) is 0 Å². The van der Waals surface area contributed by atoms with E-state index >= 15 is 0 Å². The molecule has 0 aromatic carbocycles. The van der Waals surface area contributed by atoms with E-state index in [4.69, 9.17) is 0 Å². The fourth-order valence-corrected chi connectivity index (χ4v) is 5.89. The van der Waals surface area contributed by atoms with Crippen molar-refractivity contribution in [2.45, 2.75) is 57.4 Å². The van der Waals surface area contributed by atoms with Crippen LogP contribution in [0.25, 0.3) is 0 Å². The Bertz CT molecular complexity index is 525. The molecule has 3 heterocycles. The summed E-state index contributed by atoms with van der Waals surface area (Å²) in [6.45, 7) is 6.82. The Kier molecular flexibility index (Phi) is 5.25. The lowest BCUT2D eigenvalue weighted by atomic mass is 9.79. The molecule has 0 spiro atoms. The molecule has 24 heavy (non-hydrogen) atoms. The van der Waals surface area contributed by atoms with Gasteiger partial charge in [0, 0.05) is 35.9 Å². The minimum atomic E-state index is -0.510. The van der Waals surface area contributed by atoms with Crippen molar-refractivity contribution in [2.75, 3.05) is 26.2 Å². The molecule has 1 saturated carbocycles. The van der Waals surface area contributed by atoms with E-state index in [0.29, 0.717) is 11.8 Å². The van der Waals surface area contributed by atoms with E-state index in [1.54, 1.807) is 0 Å². The third kappa shape index (κ3) is 3.86. The van der Waals surface area contributed by atoms with Gasteiger partial charge in [0.15, 0.2) is 0 Å². The highest BCUT2D eigenvalue weighted by Crippen LogP contribution is 2.37. The first-order valence-electron chi connectivity index (χ1n) is 9.56. The molecular weight excluding hydrogens is 320 g/mol. The van der Waals surface area contributed by atoms with E-state index in [9.17, 15) is 10.2 Å². The first-order valence-corrected chi connectivity index (χ1v) is 10.4. The van der Waals surface area contributed by atoms with Crippen LogP contribution in [-0.2, 0) is 13.1 Å². The minimum Gasteiger partial charge on any atom is -0.390 e. The van der Waals surface area contributed by atoms with Gasteiger partial charge in [-0.05, 0) is 62.7 Å². The molecule has 4 atom stereocenters. The lowest BCUT2D eigenvalue weighted by molar-refractivity contribution is -0.0372. The first-order chi connectivity index (χ1) is 11.7. The summed E-state index contributed by atoms with van der Waals surface area (Å²) in [7, 11) is 0. The molecule has 0 bridgehead atoms. The number of hydrogen-bond donors (Lipinski definition) is 2. The Labute approximate surface area is 149 Å². The van der Waals surface area contributed by atoms with Gasteiger partial charge in [0.1, 0.15) is 0 Å². The third-order valence-electron chi connectivity index (χ3n) is 6.11. The van der Waals surface area contributed by atoms with Gasteiger partial charge in [-0.15, -0.1) is 11.3 Å². The molecule has 4 rings (SSSR count). The first kappa shape index (κ1) is 17.0. The maximum absolute atomic E-state index is 9.89. The molecule has 4 nitrogen and oxygen atoms in total. The van der Waals surface area contributed by atoms with Crippen LogP contribution in [0.3, 0.4) is 0 Å². The quantitative estimate of drug-likeness (QED) is 0.875. The van der Waals surface area contributed by atoms with Gasteiger partial charge in [-0.25, -0.2) is 0 Å². The smallest absolute Gasteiger partial charge is 0.0802 e. The predicted molar refractivity (Wildman–Crippen MR) is 97.0 cm³/mol. The topological polar surface area (TPSA) is 46.9 Å². The summed E-state index contributed by atoms with van der Waals surface area (Å²) < 4.78 is 0. The van der Waals surface area contributed by atoms with E-state index in [1.807, 2.05) is 11.3 Å². The van der Waals surface area contributed by atoms with Crippen molar-refractivity contribution in [3.63, 3.8) is 0 Å². The Morgan fingerprint density at radius 2 is 1.38 bits per heavy atom. The van der Waals surface area contributed by atoms with Crippen LogP contribution in [0.1, 0.15) is 41.9 Å². The molecule has 1 aliphatic carbocycles. The SMILES string of the molecule is O[C@@H]1C[C@H]2CN(Cc3ccc(CN4CCCCC4)s3)C[C@H]2C[C@@H]1O. The zero-order valence-corrected chi connectivity index (χ0v) is 15.3. The number of likely N-dealkylation sites (tertiary alicyclic amines) is 2. The van der Waals surface area contributed by atoms with Crippen LogP contribution >= 0.6 is 11.3 Å². The number of piperidine rings is 1. The number of nitrogens with zero attached hydrogens (tertiary/aromatic N) is 2. The van der Waals surface area contributed by atoms with Crippen LogP contribution in [-0.4, -0.2) is 58.4 Å². The summed E-state index contributed by atoms with van der Waals surface area (Å²) in [5, 5.41) is 19.8. The molecule has 2 saturated heterocycles. The van der Waals surface area contributed by atoms with Crippen LogP contribution in [0.5, 0.6) is 0 Å². The lowest BCUT2D eigenvalue weighted by Crippen LogP contribution is -2.38. The van der Waals surface area contributed by atoms with E-state index in [1.165, 1.54) is 42.1 Å². The van der Waals surface area contributed by atoms with Gasteiger partial charge < -0.3 is 10.2 Å². The molecule has 2 N–H and O–H groups in total. The maximum atomic E-state index is 9.89. The Morgan fingerprint density at radius 3 is 1.96 bits per heavy atom. The third-order valence-corrected chi connectivity index (χ3v) is 7.16. The Balaban J connectivity index is 1.30. The van der Waals surface area contributed by atoms with Crippen molar-refractivity contribution in [1.29, 1.82) is 0 Å². The van der Waals surface area contributed by atoms with Crippen molar-refractivity contribution in [3.8, 4) is 0 Å². The second-order valence-electron chi connectivity index (χ2n) is 8.03. The van der Waals surface area contributed by atoms with E-state index in [2.05, 4.69) is 21.9 Å². The van der Waals surface area contributed by atoms with Crippen LogP contribution in [0, 0.1) is 11.8 Å². The number of fused-ring (bicyclic) bond motifs is 1. The normalized spacial score (nSPS) is 35.2. The van der Waals surface area contributed by atoms with Crippen molar-refractivity contribution >= 4 is 11.3 Å². The van der Waals surface area contributed by atoms with Crippen molar-refractivity contribution < 1.29 is 10.2 Å². The fraction of sp³-hybridized carbons (Fsp3) is 0.789. The Morgan fingerprint density at radius 1 is 0.833 bits per heavy atom. The zero-order chi connectivity index (χ0) is 16.5. The van der Waals surface area contributed by atoms with E-state index in [0.717, 1.165) is 39.0 Å². The lowest BCUT2D eigenvalue weighted by Gasteiger charge is -2.32. The second kappa shape index (κ2) is 7.42. The number of aliphatic hydroxyl groups is 2. The van der Waals surface area contributed by atoms with E-state index < -0.39 is 12.2 Å². The number of rotatable bonds is 4. The Hall–Kier alpha value is -0.460. The predicted octanol–water partition coefficient (Wildman–Crippen LogP) is 2.30. The van der Waals surface area contributed by atoms with Crippen LogP contribution < -0.4 is 0 Å². The summed E-state index contributed by atoms with van der Waals surface area (Å²) in [4.78, 5) is 8.07. The van der Waals surface area contributed by atoms with Gasteiger partial charge in [-0.1, -0.05) is 6.42 Å². The molecule has 1 aromatic heterocycles. The summed E-state index contributed by atoms with van der Waals surface area (Å²) >= 11 is 1.97. The number of hydrogen-bond acceptors (Lipinski definition) is 5. The van der Waals surface area contributed by atoms with Crippen molar-refractivity contribution in [3.05, 3.63) is 21.9 Å². The minimum absolute atomic E-state index is 0.510. The van der Waals surface area contributed by atoms with Crippen molar-refractivity contribution in [1.82, 2.24) is 9.80 Å². The maximum Gasteiger partial charge on any atom is 0.0802 e. The monoisotopic (exact) mass is 350 g/mol. The average molecular weight is 351 g/mol. The molecule has 1 aromatic rings. The molecule has 0 radical (unpaired) electrons. The van der Waals surface area contributed by atoms with Crippen molar-refractivity contribution in [2.24, 2.45) is 11.8 Å². The van der Waals surface area contributed by atoms with Gasteiger partial charge >= 0.3 is 0 Å². The summed E-state index contributed by atoms with van der Waals surface area (Å²) in [5.41, 5.74) is 0. The fourth-order valence-electron chi connectivity index (χ4n) is 4.78. The molecule has 0 unspecified atom stereocenters. The van der Waals surface area contributed by atoms with Gasteiger partial charge in [0.2, 0.25) is 0 Å². The summed E-state index contributed by atoms with van der Waals surface area (Å²) in [6.07, 6.45) is 4.62. The van der Waals surface area contributed by atoms with E-state index in [-0.39, 0.29) is 0 Å². The molecule has 2 aliphatic heterocycles. The number of aliphatic hydroxyl groups excluding tert-OH is 2. The zero-order valence-electron chi connectivity index (χ0n) is 14.4. The number of thiophene rings is 1. The highest BCUT2D eigenvalue weighted by atomic mass is 32.1. The van der Waals surface area contributed by atoms with Crippen LogP contribution in [0.15, 0.2) is 12.1 Å². The van der Waals surface area contributed by atoms with Crippen LogP contribution in [0.2, 0.25) is 0 Å². The molecular formula is C19H30N2O2S. The summed E-state index contributed by atoms with van der Waals surface area (Å²) in [6, 6.07) is 4.61. The largest absolute Gasteiger partial charge is 0.390 e. The molecule has 3 fully saturated rings. The highest BCUT2D eigenvalue weighted by Gasteiger charge is 2.40. The summed E-state index contributed by atoms with van der Waals surface area (Å²) in [5.74, 6) is 1.13. The van der Waals surface area contributed by atoms with Crippen LogP contribution in [0.4, 0.5) is 0 Å². The standard InChI is InChI=1S/C19H30N2O2S/c22-18-8-14-10-21(11-15(14)9-19(18)23)13-17-5-4-16(24-17)12-20-6-2-1-3-7-20/h4-5,14-15,18-19,22-23H,1-3,6-13H2/t14-,15+,18+,19-. The molecule has 134 valence electrons.